The molecular formula is C15H15NO3. The summed E-state index contributed by atoms with van der Waals surface area (Å²) in [6, 6.07) is 9.15. The number of aromatic nitrogens is 1. The highest BCUT2D eigenvalue weighted by atomic mass is 16.5. The number of ether oxygens (including phenoxy) is 1. The van der Waals surface area contributed by atoms with Crippen molar-refractivity contribution in [3.63, 3.8) is 0 Å². The number of carbonyl (C=O) groups is 1. The van der Waals surface area contributed by atoms with E-state index in [-0.39, 0.29) is 12.2 Å². The third-order valence-corrected chi connectivity index (χ3v) is 3.51. The van der Waals surface area contributed by atoms with Crippen molar-refractivity contribution in [2.45, 2.75) is 31.5 Å². The van der Waals surface area contributed by atoms with E-state index in [1.54, 1.807) is 6.07 Å². The predicted octanol–water partition coefficient (Wildman–Crippen LogP) is 2.34. The first-order valence-corrected chi connectivity index (χ1v) is 6.47. The molecule has 1 aliphatic rings. The van der Waals surface area contributed by atoms with E-state index in [9.17, 15) is 9.90 Å². The topological polar surface area (TPSA) is 59.4 Å². The Morgan fingerprint density at radius 1 is 1.26 bits per heavy atom. The van der Waals surface area contributed by atoms with Gasteiger partial charge in [0.25, 0.3) is 0 Å². The molecule has 98 valence electrons. The molecule has 4 nitrogen and oxygen atoms in total. The Morgan fingerprint density at radius 3 is 2.84 bits per heavy atom. The molecule has 0 saturated heterocycles. The first-order valence-electron chi connectivity index (χ1n) is 6.47. The third-order valence-electron chi connectivity index (χ3n) is 3.51. The van der Waals surface area contributed by atoms with Crippen LogP contribution >= 0.6 is 0 Å². The molecule has 0 bridgehead atoms. The van der Waals surface area contributed by atoms with Gasteiger partial charge >= 0.3 is 0 Å². The van der Waals surface area contributed by atoms with Crippen LogP contribution in [0.15, 0.2) is 30.3 Å². The maximum Gasteiger partial charge on any atom is 0.168 e. The van der Waals surface area contributed by atoms with Crippen LogP contribution in [0.3, 0.4) is 0 Å². The van der Waals surface area contributed by atoms with Gasteiger partial charge in [-0.3, -0.25) is 4.79 Å². The van der Waals surface area contributed by atoms with Crippen molar-refractivity contribution < 1.29 is 14.6 Å². The number of hydrogen-bond donors (Lipinski definition) is 1. The molecule has 4 heteroatoms. The van der Waals surface area contributed by atoms with Crippen LogP contribution in [0.5, 0.6) is 5.75 Å². The Kier molecular flexibility index (Phi) is 3.17. The molecule has 2 atom stereocenters. The van der Waals surface area contributed by atoms with Crippen molar-refractivity contribution in [3.8, 4) is 5.75 Å². The first kappa shape index (κ1) is 12.1. The summed E-state index contributed by atoms with van der Waals surface area (Å²) >= 11 is 0. The van der Waals surface area contributed by atoms with Gasteiger partial charge in [-0.25, -0.2) is 4.98 Å². The van der Waals surface area contributed by atoms with Crippen LogP contribution in [0.4, 0.5) is 0 Å². The highest BCUT2D eigenvalue weighted by Gasteiger charge is 2.26. The molecule has 1 N–H and O–H groups in total. The van der Waals surface area contributed by atoms with E-state index in [1.165, 1.54) is 0 Å². The van der Waals surface area contributed by atoms with Crippen LogP contribution in [-0.4, -0.2) is 28.6 Å². The molecule has 1 aliphatic carbocycles. The second-order valence-corrected chi connectivity index (χ2v) is 4.86. The lowest BCUT2D eigenvalue weighted by atomic mass is 10.2. The zero-order chi connectivity index (χ0) is 13.2. The molecule has 3 rings (SSSR count). The average molecular weight is 257 g/mol. The van der Waals surface area contributed by atoms with Crippen molar-refractivity contribution in [2.75, 3.05) is 0 Å². The smallest absolute Gasteiger partial charge is 0.168 e. The van der Waals surface area contributed by atoms with E-state index in [0.717, 1.165) is 36.5 Å². The molecule has 0 unspecified atom stereocenters. The van der Waals surface area contributed by atoms with Gasteiger partial charge in [-0.1, -0.05) is 6.07 Å². The van der Waals surface area contributed by atoms with E-state index in [1.807, 2.05) is 24.3 Å². The second-order valence-electron chi connectivity index (χ2n) is 4.86. The molecule has 0 aliphatic heterocycles. The second kappa shape index (κ2) is 4.97. The summed E-state index contributed by atoms with van der Waals surface area (Å²) in [7, 11) is 0. The summed E-state index contributed by atoms with van der Waals surface area (Å²) in [5.74, 6) is 0.689. The number of aliphatic hydroxyl groups is 1. The van der Waals surface area contributed by atoms with Crippen LogP contribution in [-0.2, 0) is 0 Å². The number of aldehydes is 1. The molecule has 1 saturated carbocycles. The molecule has 0 radical (unpaired) electrons. The Balaban J connectivity index is 1.89. The number of rotatable bonds is 3. The number of fused-ring (bicyclic) bond motifs is 1. The predicted molar refractivity (Wildman–Crippen MR) is 71.4 cm³/mol. The van der Waals surface area contributed by atoms with Crippen LogP contribution in [0.2, 0.25) is 0 Å². The van der Waals surface area contributed by atoms with Crippen molar-refractivity contribution in [1.82, 2.24) is 4.98 Å². The van der Waals surface area contributed by atoms with Gasteiger partial charge in [0.1, 0.15) is 17.5 Å². The van der Waals surface area contributed by atoms with Gasteiger partial charge in [-0.05, 0) is 37.5 Å². The number of hydrogen-bond acceptors (Lipinski definition) is 4. The van der Waals surface area contributed by atoms with Crippen molar-refractivity contribution >= 4 is 17.2 Å². The van der Waals surface area contributed by atoms with Gasteiger partial charge in [-0.15, -0.1) is 0 Å². The van der Waals surface area contributed by atoms with Gasteiger partial charge in [-0.2, -0.15) is 0 Å². The summed E-state index contributed by atoms with van der Waals surface area (Å²) in [6.07, 6.45) is 2.88. The minimum Gasteiger partial charge on any atom is -0.488 e. The molecule has 1 aromatic carbocycles. The van der Waals surface area contributed by atoms with Crippen molar-refractivity contribution in [3.05, 3.63) is 36.0 Å². The zero-order valence-electron chi connectivity index (χ0n) is 10.5. The molecule has 1 heterocycles. The van der Waals surface area contributed by atoms with Gasteiger partial charge in [0.2, 0.25) is 0 Å². The Labute approximate surface area is 111 Å². The minimum atomic E-state index is -0.384. The lowest BCUT2D eigenvalue weighted by Crippen LogP contribution is -2.25. The minimum absolute atomic E-state index is 0.133. The lowest BCUT2D eigenvalue weighted by molar-refractivity contribution is 0.0605. The van der Waals surface area contributed by atoms with Gasteiger partial charge in [0.05, 0.1) is 11.6 Å². The molecule has 19 heavy (non-hydrogen) atoms. The normalized spacial score (nSPS) is 22.6. The largest absolute Gasteiger partial charge is 0.488 e. The van der Waals surface area contributed by atoms with E-state index < -0.39 is 0 Å². The van der Waals surface area contributed by atoms with E-state index >= 15 is 0 Å². The van der Waals surface area contributed by atoms with Crippen LogP contribution in [0.25, 0.3) is 10.9 Å². The van der Waals surface area contributed by atoms with E-state index in [0.29, 0.717) is 11.4 Å². The van der Waals surface area contributed by atoms with Gasteiger partial charge < -0.3 is 9.84 Å². The Bertz CT molecular complexity index is 611. The number of aliphatic hydroxyl groups excluding tert-OH is 1. The average Bonchev–Trinajstić information content (AvgIpc) is 2.83. The van der Waals surface area contributed by atoms with Crippen LogP contribution in [0.1, 0.15) is 29.8 Å². The Morgan fingerprint density at radius 2 is 2.11 bits per heavy atom. The number of pyridine rings is 1. The first-order chi connectivity index (χ1) is 9.26. The quantitative estimate of drug-likeness (QED) is 0.857. The fourth-order valence-corrected chi connectivity index (χ4v) is 2.47. The molecule has 2 aromatic rings. The highest BCUT2D eigenvalue weighted by molar-refractivity contribution is 5.84. The molecule has 1 aromatic heterocycles. The SMILES string of the molecule is O=Cc1ccc2ccc(O[C@@H]3CCC[C@H]3O)cc2n1. The van der Waals surface area contributed by atoms with Crippen molar-refractivity contribution in [1.29, 1.82) is 0 Å². The monoisotopic (exact) mass is 257 g/mol. The van der Waals surface area contributed by atoms with Crippen molar-refractivity contribution in [2.24, 2.45) is 0 Å². The summed E-state index contributed by atoms with van der Waals surface area (Å²) in [6.45, 7) is 0. The standard InChI is InChI=1S/C15H15NO3/c17-9-11-6-4-10-5-7-12(8-13(10)16-11)19-15-3-1-2-14(15)18/h4-9,14-15,18H,1-3H2/t14-,15-/m1/s1. The molecular weight excluding hydrogens is 242 g/mol. The van der Waals surface area contributed by atoms with E-state index in [2.05, 4.69) is 4.98 Å². The molecule has 0 amide bonds. The maximum absolute atomic E-state index is 10.7. The molecule has 0 spiro atoms. The highest BCUT2D eigenvalue weighted by Crippen LogP contribution is 2.26. The third kappa shape index (κ3) is 2.44. The number of nitrogens with zero attached hydrogens (tertiary/aromatic N) is 1. The van der Waals surface area contributed by atoms with Gasteiger partial charge in [0, 0.05) is 11.5 Å². The number of benzene rings is 1. The zero-order valence-corrected chi connectivity index (χ0v) is 10.5. The van der Waals surface area contributed by atoms with Crippen LogP contribution in [0, 0.1) is 0 Å². The fraction of sp³-hybridized carbons (Fsp3) is 0.333. The summed E-state index contributed by atoms with van der Waals surface area (Å²) in [4.78, 5) is 15.0. The maximum atomic E-state index is 10.7. The Hall–Kier alpha value is -1.94. The molecule has 1 fully saturated rings. The van der Waals surface area contributed by atoms with E-state index in [4.69, 9.17) is 4.74 Å². The lowest BCUT2D eigenvalue weighted by Gasteiger charge is -2.17. The fourth-order valence-electron chi connectivity index (χ4n) is 2.47. The van der Waals surface area contributed by atoms with Gasteiger partial charge in [0.15, 0.2) is 6.29 Å². The summed E-state index contributed by atoms with van der Waals surface area (Å²) in [5, 5.41) is 10.7. The summed E-state index contributed by atoms with van der Waals surface area (Å²) < 4.78 is 5.79. The number of carbonyl (C=O) groups excluding carboxylic acids is 1. The summed E-state index contributed by atoms with van der Waals surface area (Å²) in [5.41, 5.74) is 1.14. The van der Waals surface area contributed by atoms with Crippen LogP contribution < -0.4 is 4.74 Å².